The molecule has 0 N–H and O–H groups in total. The molecule has 6 nitrogen and oxygen atoms in total. The zero-order valence-corrected chi connectivity index (χ0v) is 11.5. The molecule has 2 heterocycles. The van der Waals surface area contributed by atoms with Crippen LogP contribution in [0.15, 0.2) is 17.2 Å². The summed E-state index contributed by atoms with van der Waals surface area (Å²) in [5.41, 5.74) is -0.405. The van der Waals surface area contributed by atoms with E-state index in [0.717, 1.165) is 5.82 Å². The van der Waals surface area contributed by atoms with E-state index in [9.17, 15) is 4.79 Å². The molecule has 6 heteroatoms. The molecule has 0 radical (unpaired) electrons. The third-order valence-electron chi connectivity index (χ3n) is 2.90. The van der Waals surface area contributed by atoms with E-state index in [1.54, 1.807) is 10.8 Å². The van der Waals surface area contributed by atoms with Crippen molar-refractivity contribution in [2.45, 2.75) is 39.8 Å². The van der Waals surface area contributed by atoms with Gasteiger partial charge in [-0.15, -0.1) is 0 Å². The first-order chi connectivity index (χ1) is 8.30. The number of aromatic nitrogens is 5. The molecule has 0 unspecified atom stereocenters. The van der Waals surface area contributed by atoms with Crippen LogP contribution in [0.1, 0.15) is 32.4 Å². The third kappa shape index (κ3) is 2.10. The molecule has 0 aliphatic carbocycles. The second-order valence-electron chi connectivity index (χ2n) is 5.45. The second kappa shape index (κ2) is 4.12. The van der Waals surface area contributed by atoms with Crippen molar-refractivity contribution in [3.63, 3.8) is 0 Å². The van der Waals surface area contributed by atoms with Crippen LogP contribution < -0.4 is 5.69 Å². The highest BCUT2D eigenvalue weighted by atomic mass is 16.2. The van der Waals surface area contributed by atoms with E-state index in [1.165, 1.54) is 4.68 Å². The molecular formula is C12H19N5O. The minimum absolute atomic E-state index is 0.0944. The zero-order chi connectivity index (χ0) is 13.5. The highest BCUT2D eigenvalue weighted by molar-refractivity contribution is 4.96. The van der Waals surface area contributed by atoms with Gasteiger partial charge in [0.2, 0.25) is 0 Å². The van der Waals surface area contributed by atoms with Gasteiger partial charge < -0.3 is 4.57 Å². The Hall–Kier alpha value is -1.85. The van der Waals surface area contributed by atoms with Crippen LogP contribution in [0.5, 0.6) is 0 Å². The summed E-state index contributed by atoms with van der Waals surface area (Å²) < 4.78 is 5.07. The average Bonchev–Trinajstić information content (AvgIpc) is 2.76. The van der Waals surface area contributed by atoms with Crippen LogP contribution in [0.4, 0.5) is 0 Å². The topological polar surface area (TPSA) is 57.6 Å². The van der Waals surface area contributed by atoms with E-state index in [4.69, 9.17) is 0 Å². The van der Waals surface area contributed by atoms with E-state index in [0.29, 0.717) is 12.4 Å². The smallest absolute Gasteiger partial charge is 0.337 e. The maximum Gasteiger partial charge on any atom is 0.346 e. The van der Waals surface area contributed by atoms with E-state index < -0.39 is 0 Å². The van der Waals surface area contributed by atoms with Gasteiger partial charge in [-0.2, -0.15) is 5.10 Å². The summed E-state index contributed by atoms with van der Waals surface area (Å²) in [6.45, 7) is 8.18. The van der Waals surface area contributed by atoms with Gasteiger partial charge in [0.05, 0.1) is 12.1 Å². The van der Waals surface area contributed by atoms with Crippen LogP contribution in [0.3, 0.4) is 0 Å². The summed E-state index contributed by atoms with van der Waals surface area (Å²) in [6.07, 6.45) is 3.59. The average molecular weight is 249 g/mol. The Morgan fingerprint density at radius 2 is 2.00 bits per heavy atom. The maximum absolute atomic E-state index is 12.3. The first kappa shape index (κ1) is 12.6. The van der Waals surface area contributed by atoms with Crippen molar-refractivity contribution in [2.24, 2.45) is 7.05 Å². The molecule has 98 valence electrons. The van der Waals surface area contributed by atoms with Crippen molar-refractivity contribution in [3.05, 3.63) is 34.5 Å². The molecule has 0 aliphatic rings. The zero-order valence-electron chi connectivity index (χ0n) is 11.5. The van der Waals surface area contributed by atoms with Crippen molar-refractivity contribution in [1.82, 2.24) is 23.9 Å². The van der Waals surface area contributed by atoms with Gasteiger partial charge in [-0.1, -0.05) is 0 Å². The predicted molar refractivity (Wildman–Crippen MR) is 68.5 cm³/mol. The van der Waals surface area contributed by atoms with Crippen molar-refractivity contribution < 1.29 is 0 Å². The molecule has 0 aromatic carbocycles. The lowest BCUT2D eigenvalue weighted by Crippen LogP contribution is -2.36. The van der Waals surface area contributed by atoms with Crippen LogP contribution in [0.25, 0.3) is 0 Å². The number of aryl methyl sites for hydroxylation is 2. The minimum atomic E-state index is -0.311. The van der Waals surface area contributed by atoms with Gasteiger partial charge in [-0.25, -0.2) is 14.5 Å². The van der Waals surface area contributed by atoms with Gasteiger partial charge in [0, 0.05) is 19.4 Å². The quantitative estimate of drug-likeness (QED) is 0.794. The Kier molecular flexibility index (Phi) is 2.88. The standard InChI is InChI=1S/C12H19N5O/c1-9-14-17(12(2,3)4)11(18)16(9)8-10-13-6-7-15(10)5/h6-7H,8H2,1-5H3. The lowest BCUT2D eigenvalue weighted by molar-refractivity contribution is 0.340. The SMILES string of the molecule is Cc1nn(C(C)(C)C)c(=O)n1Cc1nccn1C. The summed E-state index contributed by atoms with van der Waals surface area (Å²) in [6, 6.07) is 0. The molecule has 0 fully saturated rings. The maximum atomic E-state index is 12.3. The molecular weight excluding hydrogens is 230 g/mol. The highest BCUT2D eigenvalue weighted by Gasteiger charge is 2.21. The van der Waals surface area contributed by atoms with Gasteiger partial charge >= 0.3 is 5.69 Å². The van der Waals surface area contributed by atoms with Crippen LogP contribution in [-0.4, -0.2) is 23.9 Å². The summed E-state index contributed by atoms with van der Waals surface area (Å²) in [5.74, 6) is 1.55. The first-order valence-corrected chi connectivity index (χ1v) is 5.94. The third-order valence-corrected chi connectivity index (χ3v) is 2.90. The summed E-state index contributed by atoms with van der Waals surface area (Å²) in [4.78, 5) is 16.5. The fourth-order valence-corrected chi connectivity index (χ4v) is 1.80. The van der Waals surface area contributed by atoms with Gasteiger partial charge in [0.1, 0.15) is 11.6 Å². The van der Waals surface area contributed by atoms with E-state index in [2.05, 4.69) is 10.1 Å². The largest absolute Gasteiger partial charge is 0.346 e. The van der Waals surface area contributed by atoms with E-state index >= 15 is 0 Å². The molecule has 2 aromatic heterocycles. The molecule has 0 atom stereocenters. The Bertz CT molecular complexity index is 611. The lowest BCUT2D eigenvalue weighted by atomic mass is 10.1. The van der Waals surface area contributed by atoms with Gasteiger partial charge in [0.25, 0.3) is 0 Å². The van der Waals surface area contributed by atoms with Crippen molar-refractivity contribution in [1.29, 1.82) is 0 Å². The van der Waals surface area contributed by atoms with Gasteiger partial charge in [0.15, 0.2) is 0 Å². The van der Waals surface area contributed by atoms with Crippen molar-refractivity contribution >= 4 is 0 Å². The highest BCUT2D eigenvalue weighted by Crippen LogP contribution is 2.10. The van der Waals surface area contributed by atoms with Gasteiger partial charge in [-0.3, -0.25) is 4.57 Å². The fourth-order valence-electron chi connectivity index (χ4n) is 1.80. The Balaban J connectivity index is 2.44. The molecule has 2 rings (SSSR count). The number of nitrogens with zero attached hydrogens (tertiary/aromatic N) is 5. The molecule has 0 spiro atoms. The summed E-state index contributed by atoms with van der Waals surface area (Å²) in [7, 11) is 1.91. The number of hydrogen-bond donors (Lipinski definition) is 0. The van der Waals surface area contributed by atoms with Crippen LogP contribution >= 0.6 is 0 Å². The Morgan fingerprint density at radius 1 is 1.33 bits per heavy atom. The number of imidazole rings is 1. The molecule has 0 saturated heterocycles. The second-order valence-corrected chi connectivity index (χ2v) is 5.45. The normalized spacial score (nSPS) is 12.1. The number of hydrogen-bond acceptors (Lipinski definition) is 3. The summed E-state index contributed by atoms with van der Waals surface area (Å²) in [5, 5.41) is 4.32. The molecule has 0 bridgehead atoms. The molecule has 2 aromatic rings. The van der Waals surface area contributed by atoms with Crippen LogP contribution in [0, 0.1) is 6.92 Å². The first-order valence-electron chi connectivity index (χ1n) is 5.94. The number of rotatable bonds is 2. The monoisotopic (exact) mass is 249 g/mol. The lowest BCUT2D eigenvalue weighted by Gasteiger charge is -2.16. The summed E-state index contributed by atoms with van der Waals surface area (Å²) >= 11 is 0. The molecule has 0 aliphatic heterocycles. The minimum Gasteiger partial charge on any atom is -0.337 e. The van der Waals surface area contributed by atoms with E-state index in [-0.39, 0.29) is 11.2 Å². The molecule has 0 saturated carbocycles. The molecule has 18 heavy (non-hydrogen) atoms. The Morgan fingerprint density at radius 3 is 2.44 bits per heavy atom. The fraction of sp³-hybridized carbons (Fsp3) is 0.583. The van der Waals surface area contributed by atoms with Crippen LogP contribution in [-0.2, 0) is 19.1 Å². The predicted octanol–water partition coefficient (Wildman–Crippen LogP) is 0.890. The van der Waals surface area contributed by atoms with E-state index in [1.807, 2.05) is 45.5 Å². The Labute approximate surface area is 106 Å². The van der Waals surface area contributed by atoms with Gasteiger partial charge in [-0.05, 0) is 27.7 Å². The van der Waals surface area contributed by atoms with Crippen molar-refractivity contribution in [3.8, 4) is 0 Å². The van der Waals surface area contributed by atoms with Crippen molar-refractivity contribution in [2.75, 3.05) is 0 Å². The van der Waals surface area contributed by atoms with Crippen LogP contribution in [0.2, 0.25) is 0 Å². The molecule has 0 amide bonds.